The van der Waals surface area contributed by atoms with Crippen molar-refractivity contribution in [1.29, 1.82) is 0 Å². The average molecular weight is 510 g/mol. The zero-order valence-corrected chi connectivity index (χ0v) is 23.3. The van der Waals surface area contributed by atoms with Crippen LogP contribution in [-0.2, 0) is 4.79 Å². The molecule has 1 atom stereocenters. The van der Waals surface area contributed by atoms with Crippen molar-refractivity contribution in [2.45, 2.75) is 52.0 Å². The minimum absolute atomic E-state index is 0. The molecule has 1 saturated carbocycles. The van der Waals surface area contributed by atoms with E-state index in [-0.39, 0.29) is 24.6 Å². The molecule has 2 aromatic rings. The Morgan fingerprint density at radius 2 is 2.00 bits per heavy atom. The molecule has 2 aromatic heterocycles. The van der Waals surface area contributed by atoms with Crippen molar-refractivity contribution < 1.29 is 23.7 Å². The second kappa shape index (κ2) is 14.8. The molecule has 8 nitrogen and oxygen atoms in total. The summed E-state index contributed by atoms with van der Waals surface area (Å²) >= 11 is 0. The minimum Gasteiger partial charge on any atom is -0.362 e. The molecule has 0 bridgehead atoms. The molecule has 38 heavy (non-hydrogen) atoms. The van der Waals surface area contributed by atoms with E-state index in [9.17, 15) is 4.79 Å². The van der Waals surface area contributed by atoms with Gasteiger partial charge in [-0.15, -0.1) is 13.1 Å². The molecule has 2 N–H and O–H groups in total. The summed E-state index contributed by atoms with van der Waals surface area (Å²) in [7, 11) is 0. The maximum absolute atomic E-state index is 12.1. The Morgan fingerprint density at radius 3 is 2.61 bits per heavy atom. The van der Waals surface area contributed by atoms with Gasteiger partial charge in [-0.25, -0.2) is 17.1 Å². The van der Waals surface area contributed by atoms with E-state index >= 15 is 0 Å². The number of carbonyl (C=O) groups excluding carboxylic acids is 1. The van der Waals surface area contributed by atoms with Gasteiger partial charge < -0.3 is 34.3 Å². The predicted octanol–water partition coefficient (Wildman–Crippen LogP) is 1.11. The monoisotopic (exact) mass is 509 g/mol. The van der Waals surface area contributed by atoms with E-state index in [0.29, 0.717) is 24.4 Å². The third kappa shape index (κ3) is 7.66. The van der Waals surface area contributed by atoms with Crippen molar-refractivity contribution in [1.82, 2.24) is 25.2 Å². The summed E-state index contributed by atoms with van der Waals surface area (Å²) in [5, 5.41) is 6.51. The van der Waals surface area contributed by atoms with Crippen LogP contribution in [-0.4, -0.2) is 70.9 Å². The van der Waals surface area contributed by atoms with Crippen LogP contribution in [0, 0.1) is 25.8 Å². The fourth-order valence-corrected chi connectivity index (χ4v) is 5.37. The molecular formula is C29H40LiN7O-2. The van der Waals surface area contributed by atoms with E-state index < -0.39 is 0 Å². The summed E-state index contributed by atoms with van der Waals surface area (Å²) < 4.78 is 0. The SMILES string of the molecule is CC(=O)C1=C(C)c2cnc(Nc3cc[c-]cn3)nc2N(C2CCCC2)C1.[CH2-]CN(C[CH2-])C[C@H]1CCNC1.[Li+]. The fourth-order valence-electron chi connectivity index (χ4n) is 5.37. The number of pyridine rings is 1. The van der Waals surface area contributed by atoms with Gasteiger partial charge in [0, 0.05) is 35.7 Å². The van der Waals surface area contributed by atoms with Crippen LogP contribution >= 0.6 is 0 Å². The van der Waals surface area contributed by atoms with E-state index in [1.165, 1.54) is 38.9 Å². The summed E-state index contributed by atoms with van der Waals surface area (Å²) in [6, 6.07) is 6.96. The van der Waals surface area contributed by atoms with Gasteiger partial charge in [0.05, 0.1) is 0 Å². The van der Waals surface area contributed by atoms with E-state index in [2.05, 4.69) is 50.3 Å². The number of hydrogen-bond donors (Lipinski definition) is 2. The molecule has 0 amide bonds. The largest absolute Gasteiger partial charge is 1.00 e. The molecule has 3 aliphatic rings. The first-order valence-electron chi connectivity index (χ1n) is 13.5. The average Bonchev–Trinajstić information content (AvgIpc) is 3.63. The normalized spacial score (nSPS) is 19.1. The van der Waals surface area contributed by atoms with Crippen LogP contribution < -0.4 is 34.4 Å². The Labute approximate surface area is 240 Å². The van der Waals surface area contributed by atoms with Crippen molar-refractivity contribution in [3.63, 3.8) is 0 Å². The Bertz CT molecular complexity index is 1060. The van der Waals surface area contributed by atoms with Crippen LogP contribution in [0.5, 0.6) is 0 Å². The van der Waals surface area contributed by atoms with Crippen LogP contribution in [0.1, 0.15) is 51.5 Å². The first-order chi connectivity index (χ1) is 18.0. The van der Waals surface area contributed by atoms with Crippen molar-refractivity contribution in [3.8, 4) is 0 Å². The summed E-state index contributed by atoms with van der Waals surface area (Å²) in [6.07, 6.45) is 9.50. The zero-order chi connectivity index (χ0) is 26.2. The van der Waals surface area contributed by atoms with Gasteiger partial charge in [0.2, 0.25) is 5.95 Å². The number of nitrogens with zero attached hydrogens (tertiary/aromatic N) is 5. The molecule has 200 valence electrons. The number of ketones is 1. The van der Waals surface area contributed by atoms with E-state index in [4.69, 9.17) is 4.98 Å². The van der Waals surface area contributed by atoms with E-state index in [1.54, 1.807) is 19.2 Å². The number of rotatable bonds is 8. The maximum atomic E-state index is 12.1. The zero-order valence-electron chi connectivity index (χ0n) is 23.3. The minimum atomic E-state index is 0. The Morgan fingerprint density at radius 1 is 1.24 bits per heavy atom. The predicted molar refractivity (Wildman–Crippen MR) is 149 cm³/mol. The van der Waals surface area contributed by atoms with Gasteiger partial charge >= 0.3 is 18.9 Å². The summed E-state index contributed by atoms with van der Waals surface area (Å²) in [5.41, 5.74) is 2.81. The second-order valence-electron chi connectivity index (χ2n) is 10.1. The number of aromatic nitrogens is 3. The molecule has 9 heteroatoms. The molecule has 4 heterocycles. The first kappa shape index (κ1) is 30.3. The molecule has 2 aliphatic heterocycles. The topological polar surface area (TPSA) is 86.3 Å². The molecule has 1 aliphatic carbocycles. The first-order valence-corrected chi connectivity index (χ1v) is 13.5. The van der Waals surface area contributed by atoms with Crippen LogP contribution in [0.2, 0.25) is 0 Å². The molecule has 0 unspecified atom stereocenters. The van der Waals surface area contributed by atoms with Gasteiger partial charge in [0.25, 0.3) is 0 Å². The van der Waals surface area contributed by atoms with Gasteiger partial charge in [0.1, 0.15) is 5.82 Å². The van der Waals surface area contributed by atoms with Gasteiger partial charge in [-0.3, -0.25) is 9.78 Å². The molecular weight excluding hydrogens is 469 g/mol. The van der Waals surface area contributed by atoms with Crippen LogP contribution in [0.4, 0.5) is 17.6 Å². The molecule has 0 aromatic carbocycles. The van der Waals surface area contributed by atoms with Gasteiger partial charge in [-0.05, 0) is 64.2 Å². The second-order valence-corrected chi connectivity index (χ2v) is 10.1. The Kier molecular flexibility index (Phi) is 11.8. The number of anilines is 3. The Hall–Kier alpha value is -2.24. The third-order valence-corrected chi connectivity index (χ3v) is 7.58. The summed E-state index contributed by atoms with van der Waals surface area (Å²) in [6.45, 7) is 17.3. The van der Waals surface area contributed by atoms with E-state index in [0.717, 1.165) is 54.4 Å². The molecule has 0 radical (unpaired) electrons. The van der Waals surface area contributed by atoms with Gasteiger partial charge in [-0.2, -0.15) is 11.1 Å². The number of allylic oxidation sites excluding steroid dienone is 1. The maximum Gasteiger partial charge on any atom is 1.00 e. The van der Waals surface area contributed by atoms with Crippen molar-refractivity contribution in [2.75, 3.05) is 49.5 Å². The molecule has 2 fully saturated rings. The van der Waals surface area contributed by atoms with E-state index in [1.807, 2.05) is 19.2 Å². The number of hydrogen-bond acceptors (Lipinski definition) is 8. The van der Waals surface area contributed by atoms with Crippen molar-refractivity contribution in [3.05, 3.63) is 55.6 Å². The van der Waals surface area contributed by atoms with Crippen molar-refractivity contribution >= 4 is 28.9 Å². The number of fused-ring (bicyclic) bond motifs is 1. The number of Topliss-reactive ketones (excluding diaryl/α,β-unsaturated/α-hetero) is 1. The standard InChI is InChI=1S/C20H22N5O.C9H18N2.Li/c1-13-16-11-22-20(23-18-9-5-6-10-21-18)24-19(16)25(12-17(13)14(2)26)15-7-3-4-8-15;1-3-11(4-2)8-9-5-6-10-7-9;/h5,9-11,15H,3-4,7-8,12H2,1-2H3,(H,21,22,23,24);9-10H,1-8H2;/q-1;-2;+1/t;9-;/m.0./s1. The quantitative estimate of drug-likeness (QED) is 0.405. The summed E-state index contributed by atoms with van der Waals surface area (Å²) in [4.78, 5) is 30.2. The van der Waals surface area contributed by atoms with Crippen LogP contribution in [0.25, 0.3) is 5.57 Å². The van der Waals surface area contributed by atoms with Crippen molar-refractivity contribution in [2.24, 2.45) is 5.92 Å². The number of nitrogens with one attached hydrogen (secondary N) is 2. The smallest absolute Gasteiger partial charge is 0.362 e. The Balaban J connectivity index is 0.000000282. The molecule has 1 saturated heterocycles. The van der Waals surface area contributed by atoms with Crippen LogP contribution in [0.15, 0.2) is 30.1 Å². The van der Waals surface area contributed by atoms with Crippen LogP contribution in [0.3, 0.4) is 0 Å². The van der Waals surface area contributed by atoms with Gasteiger partial charge in [-0.1, -0.05) is 19.0 Å². The van der Waals surface area contributed by atoms with Gasteiger partial charge in [0.15, 0.2) is 5.78 Å². The number of carbonyl (C=O) groups is 1. The fraction of sp³-hybridized carbons (Fsp3) is 0.517. The third-order valence-electron chi connectivity index (χ3n) is 7.58. The molecule has 0 spiro atoms. The summed E-state index contributed by atoms with van der Waals surface area (Å²) in [5.74, 6) is 3.08. The molecule has 5 rings (SSSR count).